The number of nitrogens with zero attached hydrogens (tertiary/aromatic N) is 1. The van der Waals surface area contributed by atoms with Crippen LogP contribution in [0.1, 0.15) is 25.8 Å². The third-order valence-electron chi connectivity index (χ3n) is 6.24. The smallest absolute Gasteiger partial charge is 0.310 e. The van der Waals surface area contributed by atoms with Crippen LogP contribution in [0, 0.1) is 17.7 Å². The lowest BCUT2D eigenvalue weighted by atomic mass is 9.62. The third-order valence-corrected chi connectivity index (χ3v) is 6.47. The molecule has 1 fully saturated rings. The Bertz CT molecular complexity index is 962. The van der Waals surface area contributed by atoms with Crippen molar-refractivity contribution in [2.45, 2.75) is 45.4 Å². The van der Waals surface area contributed by atoms with Crippen molar-refractivity contribution >= 4 is 24.5 Å². The summed E-state index contributed by atoms with van der Waals surface area (Å²) < 4.78 is 19.6. The third kappa shape index (κ3) is 7.54. The van der Waals surface area contributed by atoms with Gasteiger partial charge in [0.05, 0.1) is 18.1 Å². The normalized spacial score (nSPS) is 17.0. The summed E-state index contributed by atoms with van der Waals surface area (Å²) in [5.74, 6) is -0.840. The monoisotopic (exact) mass is 489 g/mol. The van der Waals surface area contributed by atoms with Crippen LogP contribution in [0.15, 0.2) is 42.5 Å². The van der Waals surface area contributed by atoms with E-state index in [0.29, 0.717) is 56.0 Å². The number of likely N-dealkylation sites (tertiary alicyclic amines) is 1. The van der Waals surface area contributed by atoms with Crippen molar-refractivity contribution < 1.29 is 24.1 Å². The number of halogens is 2. The molecule has 1 aliphatic rings. The number of rotatable bonds is 11. The number of benzene rings is 2. The summed E-state index contributed by atoms with van der Waals surface area (Å²) >= 11 is 6.03. The van der Waals surface area contributed by atoms with Crippen LogP contribution in [-0.2, 0) is 16.0 Å². The van der Waals surface area contributed by atoms with Crippen LogP contribution >= 0.6 is 11.6 Å². The van der Waals surface area contributed by atoms with Gasteiger partial charge < -0.3 is 14.9 Å². The quantitative estimate of drug-likeness (QED) is 0.358. The SMILES string of the molecule is CCOC(=O)[C@@H](C[C@H](CB(C)O)Cc1ccc(-c2cc(Cl)ccc2F)cc1)CN1CC(C)(O)C1. The zero-order valence-electron chi connectivity index (χ0n) is 20.1. The minimum Gasteiger partial charge on any atom is -0.466 e. The predicted octanol–water partition coefficient (Wildman–Crippen LogP) is 4.55. The van der Waals surface area contributed by atoms with Gasteiger partial charge >= 0.3 is 5.97 Å². The van der Waals surface area contributed by atoms with Crippen molar-refractivity contribution in [3.63, 3.8) is 0 Å². The van der Waals surface area contributed by atoms with Gasteiger partial charge in [-0.05, 0) is 68.3 Å². The summed E-state index contributed by atoms with van der Waals surface area (Å²) in [6.45, 7) is 6.74. The highest BCUT2D eigenvalue weighted by atomic mass is 35.5. The number of hydrogen-bond acceptors (Lipinski definition) is 5. The maximum atomic E-state index is 14.2. The van der Waals surface area contributed by atoms with Crippen LogP contribution < -0.4 is 0 Å². The van der Waals surface area contributed by atoms with Crippen LogP contribution in [0.2, 0.25) is 18.2 Å². The zero-order chi connectivity index (χ0) is 24.9. The molecule has 0 spiro atoms. The Morgan fingerprint density at radius 1 is 1.26 bits per heavy atom. The first kappa shape index (κ1) is 26.7. The van der Waals surface area contributed by atoms with Gasteiger partial charge in [-0.3, -0.25) is 9.69 Å². The number of carbonyl (C=O) groups is 1. The molecule has 2 aromatic rings. The van der Waals surface area contributed by atoms with Gasteiger partial charge in [0.1, 0.15) is 5.82 Å². The van der Waals surface area contributed by atoms with Crippen LogP contribution in [-0.4, -0.2) is 59.8 Å². The molecule has 1 heterocycles. The van der Waals surface area contributed by atoms with E-state index in [0.717, 1.165) is 11.1 Å². The first-order chi connectivity index (χ1) is 16.1. The Kier molecular flexibility index (Phi) is 9.16. The maximum absolute atomic E-state index is 14.2. The summed E-state index contributed by atoms with van der Waals surface area (Å²) in [6.07, 6.45) is 1.81. The van der Waals surface area contributed by atoms with Crippen LogP contribution in [0.5, 0.6) is 0 Å². The molecule has 0 saturated carbocycles. The van der Waals surface area contributed by atoms with Crippen molar-refractivity contribution in [1.29, 1.82) is 0 Å². The highest BCUT2D eigenvalue weighted by molar-refractivity contribution is 6.48. The molecule has 0 radical (unpaired) electrons. The number of β-amino-alcohol motifs (C(OH)–C–C–N with tert-alkyl or cyclic N) is 1. The second kappa shape index (κ2) is 11.7. The molecule has 0 unspecified atom stereocenters. The van der Waals surface area contributed by atoms with Gasteiger partial charge in [-0.25, -0.2) is 4.39 Å². The molecule has 2 aromatic carbocycles. The standard InChI is InChI=1S/C26H34BClFNO4/c1-4-34-25(31)21(15-30-16-26(2,32)17-30)12-19(14-27(3)33)11-18-5-7-20(8-6-18)23-13-22(28)9-10-24(23)29/h5-10,13,19,21,32-33H,4,11-12,14-17H2,1-3H3/t19-,21+/m1/s1. The molecular weight excluding hydrogens is 456 g/mol. The number of esters is 1. The van der Waals surface area contributed by atoms with E-state index in [4.69, 9.17) is 16.3 Å². The van der Waals surface area contributed by atoms with Gasteiger partial charge in [-0.2, -0.15) is 0 Å². The number of aliphatic hydroxyl groups is 1. The first-order valence-corrected chi connectivity index (χ1v) is 12.3. The highest BCUT2D eigenvalue weighted by Crippen LogP contribution is 2.30. The zero-order valence-corrected chi connectivity index (χ0v) is 20.9. The molecular formula is C26H34BClFNO4. The lowest BCUT2D eigenvalue weighted by molar-refractivity contribution is -0.152. The molecule has 1 aliphatic heterocycles. The molecule has 3 rings (SSSR count). The van der Waals surface area contributed by atoms with Crippen molar-refractivity contribution in [2.24, 2.45) is 11.8 Å². The van der Waals surface area contributed by atoms with Crippen molar-refractivity contribution in [1.82, 2.24) is 4.90 Å². The van der Waals surface area contributed by atoms with E-state index in [9.17, 15) is 19.3 Å². The Morgan fingerprint density at radius 3 is 2.53 bits per heavy atom. The van der Waals surface area contributed by atoms with E-state index >= 15 is 0 Å². The fourth-order valence-corrected chi connectivity index (χ4v) is 5.06. The lowest BCUT2D eigenvalue weighted by Gasteiger charge is -2.45. The fourth-order valence-electron chi connectivity index (χ4n) is 4.88. The second-order valence-corrected chi connectivity index (χ2v) is 10.3. The Morgan fingerprint density at radius 2 is 1.94 bits per heavy atom. The molecule has 0 amide bonds. The average molecular weight is 490 g/mol. The topological polar surface area (TPSA) is 70.0 Å². The predicted molar refractivity (Wildman–Crippen MR) is 134 cm³/mol. The van der Waals surface area contributed by atoms with Gasteiger partial charge in [0.25, 0.3) is 6.92 Å². The van der Waals surface area contributed by atoms with Crippen molar-refractivity contribution in [3.8, 4) is 11.1 Å². The van der Waals surface area contributed by atoms with Crippen LogP contribution in [0.4, 0.5) is 4.39 Å². The molecule has 2 N–H and O–H groups in total. The molecule has 0 aliphatic carbocycles. The first-order valence-electron chi connectivity index (χ1n) is 11.9. The Labute approximate surface area is 207 Å². The van der Waals surface area contributed by atoms with E-state index in [-0.39, 0.29) is 23.6 Å². The van der Waals surface area contributed by atoms with E-state index in [2.05, 4.69) is 4.90 Å². The molecule has 1 saturated heterocycles. The van der Waals surface area contributed by atoms with E-state index < -0.39 is 12.5 Å². The molecule has 5 nitrogen and oxygen atoms in total. The largest absolute Gasteiger partial charge is 0.466 e. The molecule has 184 valence electrons. The molecule has 2 atom stereocenters. The minimum absolute atomic E-state index is 0.0601. The van der Waals surface area contributed by atoms with Crippen molar-refractivity contribution in [2.75, 3.05) is 26.2 Å². The molecule has 0 bridgehead atoms. The fraction of sp³-hybridized carbons (Fsp3) is 0.500. The van der Waals surface area contributed by atoms with Crippen molar-refractivity contribution in [3.05, 3.63) is 58.9 Å². The van der Waals surface area contributed by atoms with E-state index in [1.807, 2.05) is 24.3 Å². The summed E-state index contributed by atoms with van der Waals surface area (Å²) in [5.41, 5.74) is 1.53. The van der Waals surface area contributed by atoms with Crippen LogP contribution in [0.25, 0.3) is 11.1 Å². The van der Waals surface area contributed by atoms with E-state index in [1.165, 1.54) is 12.1 Å². The number of ether oxygens (including phenoxy) is 1. The molecule has 34 heavy (non-hydrogen) atoms. The summed E-state index contributed by atoms with van der Waals surface area (Å²) in [6, 6.07) is 12.1. The summed E-state index contributed by atoms with van der Waals surface area (Å²) in [4.78, 5) is 14.8. The van der Waals surface area contributed by atoms with Gasteiger partial charge in [0.2, 0.25) is 0 Å². The maximum Gasteiger partial charge on any atom is 0.310 e. The second-order valence-electron chi connectivity index (χ2n) is 9.83. The average Bonchev–Trinajstić information content (AvgIpc) is 2.74. The number of hydrogen-bond donors (Lipinski definition) is 2. The highest BCUT2D eigenvalue weighted by Gasteiger charge is 2.39. The van der Waals surface area contributed by atoms with E-state index in [1.54, 1.807) is 26.7 Å². The Hall–Kier alpha value is -1.93. The van der Waals surface area contributed by atoms with Gasteiger partial charge in [-0.1, -0.05) is 42.7 Å². The van der Waals surface area contributed by atoms with Gasteiger partial charge in [0, 0.05) is 30.2 Å². The molecule has 8 heteroatoms. The molecule has 0 aromatic heterocycles. The number of carbonyl (C=O) groups excluding carboxylic acids is 1. The van der Waals surface area contributed by atoms with Gasteiger partial charge in [-0.15, -0.1) is 0 Å². The lowest BCUT2D eigenvalue weighted by Crippen LogP contribution is -2.61. The van der Waals surface area contributed by atoms with Gasteiger partial charge in [0.15, 0.2) is 0 Å². The summed E-state index contributed by atoms with van der Waals surface area (Å²) in [7, 11) is 0. The Balaban J connectivity index is 1.72. The summed E-state index contributed by atoms with van der Waals surface area (Å²) in [5, 5.41) is 20.6. The van der Waals surface area contributed by atoms with Crippen LogP contribution in [0.3, 0.4) is 0 Å². The minimum atomic E-state index is -0.706.